The largest absolute Gasteiger partial charge is 0.459 e. The lowest BCUT2D eigenvalue weighted by atomic mass is 9.97. The van der Waals surface area contributed by atoms with Crippen LogP contribution in [0.2, 0.25) is 0 Å². The number of allylic oxidation sites excluding steroid dienone is 1. The molecule has 188 valence electrons. The van der Waals surface area contributed by atoms with Gasteiger partial charge in [-0.05, 0) is 56.4 Å². The van der Waals surface area contributed by atoms with Gasteiger partial charge in [0.1, 0.15) is 5.82 Å². The second-order valence-corrected chi connectivity index (χ2v) is 9.53. The number of ether oxygens (including phenoxy) is 3. The molecular formula is C28H31N3O5. The van der Waals surface area contributed by atoms with E-state index >= 15 is 0 Å². The fourth-order valence-corrected chi connectivity index (χ4v) is 5.19. The highest BCUT2D eigenvalue weighted by Gasteiger charge is 2.25. The molecule has 8 nitrogen and oxygen atoms in total. The Hall–Kier alpha value is -3.52. The summed E-state index contributed by atoms with van der Waals surface area (Å²) in [7, 11) is 0. The second kappa shape index (κ2) is 10.2. The van der Waals surface area contributed by atoms with E-state index in [-0.39, 0.29) is 12.7 Å². The molecule has 2 aromatic heterocycles. The van der Waals surface area contributed by atoms with Gasteiger partial charge in [-0.1, -0.05) is 11.6 Å². The van der Waals surface area contributed by atoms with Crippen LogP contribution in [0.5, 0.6) is 11.5 Å². The molecule has 1 fully saturated rings. The number of pyridine rings is 1. The first-order valence-electron chi connectivity index (χ1n) is 12.8. The molecule has 0 atom stereocenters. The van der Waals surface area contributed by atoms with E-state index < -0.39 is 0 Å². The predicted octanol–water partition coefficient (Wildman–Crippen LogP) is 4.93. The SMILES string of the molecule is O=C(c1ccco1)N(CCC1=CCCCC1)Cc1cc2cc3c(cc2nc1N1CCOCC1)OCO3. The third-order valence-corrected chi connectivity index (χ3v) is 7.14. The Morgan fingerprint density at radius 1 is 1.08 bits per heavy atom. The zero-order chi connectivity index (χ0) is 24.3. The zero-order valence-electron chi connectivity index (χ0n) is 20.4. The summed E-state index contributed by atoms with van der Waals surface area (Å²) in [5.41, 5.74) is 3.29. The van der Waals surface area contributed by atoms with Crippen molar-refractivity contribution in [1.29, 1.82) is 0 Å². The topological polar surface area (TPSA) is 77.3 Å². The van der Waals surface area contributed by atoms with Crippen molar-refractivity contribution in [2.45, 2.75) is 38.6 Å². The summed E-state index contributed by atoms with van der Waals surface area (Å²) in [6, 6.07) is 9.54. The molecule has 0 saturated carbocycles. The Bertz CT molecular complexity index is 1260. The number of morpholine rings is 1. The number of carbonyl (C=O) groups is 1. The summed E-state index contributed by atoms with van der Waals surface area (Å²) in [5.74, 6) is 2.58. The molecule has 3 aliphatic rings. The smallest absolute Gasteiger partial charge is 0.289 e. The number of furan rings is 1. The number of hydrogen-bond donors (Lipinski definition) is 0. The second-order valence-electron chi connectivity index (χ2n) is 9.53. The minimum Gasteiger partial charge on any atom is -0.459 e. The highest BCUT2D eigenvalue weighted by Crippen LogP contribution is 2.37. The van der Waals surface area contributed by atoms with Gasteiger partial charge in [-0.15, -0.1) is 0 Å². The number of aromatic nitrogens is 1. The van der Waals surface area contributed by atoms with Crippen LogP contribution in [-0.4, -0.2) is 55.4 Å². The highest BCUT2D eigenvalue weighted by atomic mass is 16.7. The Morgan fingerprint density at radius 2 is 1.94 bits per heavy atom. The number of fused-ring (bicyclic) bond motifs is 2. The molecule has 1 aromatic carbocycles. The molecule has 0 N–H and O–H groups in total. The molecule has 0 bridgehead atoms. The van der Waals surface area contributed by atoms with E-state index in [1.54, 1.807) is 18.4 Å². The lowest BCUT2D eigenvalue weighted by Gasteiger charge is -2.31. The summed E-state index contributed by atoms with van der Waals surface area (Å²) >= 11 is 0. The number of nitrogens with zero attached hydrogens (tertiary/aromatic N) is 3. The number of rotatable bonds is 7. The molecule has 36 heavy (non-hydrogen) atoms. The van der Waals surface area contributed by atoms with Crippen LogP contribution in [0.1, 0.15) is 48.2 Å². The van der Waals surface area contributed by atoms with Gasteiger partial charge in [0, 0.05) is 43.2 Å². The minimum atomic E-state index is -0.102. The lowest BCUT2D eigenvalue weighted by Crippen LogP contribution is -2.38. The third-order valence-electron chi connectivity index (χ3n) is 7.14. The standard InChI is InChI=1S/C28H31N3O5/c32-28(24-7-4-12-34-24)31(9-8-20-5-2-1-3-6-20)18-22-15-21-16-25-26(36-19-35-25)17-23(21)29-27(22)30-10-13-33-14-11-30/h4-5,7,12,15-17H,1-3,6,8-11,13-14,18-19H2. The van der Waals surface area contributed by atoms with Crippen molar-refractivity contribution in [3.63, 3.8) is 0 Å². The third kappa shape index (κ3) is 4.78. The van der Waals surface area contributed by atoms with Gasteiger partial charge in [0.05, 0.1) is 25.0 Å². The molecule has 8 heteroatoms. The number of hydrogen-bond acceptors (Lipinski definition) is 7. The molecule has 0 unspecified atom stereocenters. The van der Waals surface area contributed by atoms with Crippen LogP contribution in [0, 0.1) is 0 Å². The van der Waals surface area contributed by atoms with Gasteiger partial charge in [-0.2, -0.15) is 0 Å². The first-order valence-corrected chi connectivity index (χ1v) is 12.8. The van der Waals surface area contributed by atoms with Crippen LogP contribution in [0.4, 0.5) is 5.82 Å². The fourth-order valence-electron chi connectivity index (χ4n) is 5.19. The van der Waals surface area contributed by atoms with E-state index in [1.807, 2.05) is 17.0 Å². The minimum absolute atomic E-state index is 0.102. The lowest BCUT2D eigenvalue weighted by molar-refractivity contribution is 0.0712. The van der Waals surface area contributed by atoms with Gasteiger partial charge in [-0.25, -0.2) is 4.98 Å². The number of amides is 1. The van der Waals surface area contributed by atoms with E-state index in [2.05, 4.69) is 17.0 Å². The maximum absolute atomic E-state index is 13.5. The fraction of sp³-hybridized carbons (Fsp3) is 0.429. The van der Waals surface area contributed by atoms with Gasteiger partial charge >= 0.3 is 0 Å². The summed E-state index contributed by atoms with van der Waals surface area (Å²) in [6.07, 6.45) is 9.50. The Balaban J connectivity index is 1.36. The molecule has 0 radical (unpaired) electrons. The van der Waals surface area contributed by atoms with Crippen LogP contribution in [0.15, 0.2) is 52.7 Å². The van der Waals surface area contributed by atoms with Gasteiger partial charge in [0.25, 0.3) is 5.91 Å². The normalized spacial score (nSPS) is 17.3. The van der Waals surface area contributed by atoms with Crippen molar-refractivity contribution in [2.75, 3.05) is 44.5 Å². The molecule has 6 rings (SSSR count). The molecule has 3 aromatic rings. The van der Waals surface area contributed by atoms with Crippen LogP contribution < -0.4 is 14.4 Å². The van der Waals surface area contributed by atoms with Crippen molar-refractivity contribution in [2.24, 2.45) is 0 Å². The molecular weight excluding hydrogens is 458 g/mol. The predicted molar refractivity (Wildman–Crippen MR) is 136 cm³/mol. The van der Waals surface area contributed by atoms with Gasteiger partial charge in [0.2, 0.25) is 6.79 Å². The number of carbonyl (C=O) groups excluding carboxylic acids is 1. The van der Waals surface area contributed by atoms with E-state index in [9.17, 15) is 4.79 Å². The van der Waals surface area contributed by atoms with Crippen LogP contribution in [-0.2, 0) is 11.3 Å². The van der Waals surface area contributed by atoms with Crippen molar-refractivity contribution < 1.29 is 23.4 Å². The average Bonchev–Trinajstić information content (AvgIpc) is 3.62. The Kier molecular flexibility index (Phi) is 6.51. The molecule has 1 aliphatic carbocycles. The van der Waals surface area contributed by atoms with E-state index in [0.717, 1.165) is 60.4 Å². The van der Waals surface area contributed by atoms with Gasteiger partial charge in [0.15, 0.2) is 17.3 Å². The molecule has 1 amide bonds. The molecule has 0 spiro atoms. The summed E-state index contributed by atoms with van der Waals surface area (Å²) in [5, 5.41) is 0.964. The van der Waals surface area contributed by atoms with E-state index in [4.69, 9.17) is 23.6 Å². The Labute approximate surface area is 210 Å². The number of anilines is 1. The van der Waals surface area contributed by atoms with Crippen LogP contribution >= 0.6 is 0 Å². The zero-order valence-corrected chi connectivity index (χ0v) is 20.4. The van der Waals surface area contributed by atoms with Crippen molar-refractivity contribution in [3.05, 3.63) is 59.6 Å². The quantitative estimate of drug-likeness (QED) is 0.436. The van der Waals surface area contributed by atoms with Crippen LogP contribution in [0.3, 0.4) is 0 Å². The van der Waals surface area contributed by atoms with Crippen molar-refractivity contribution in [1.82, 2.24) is 9.88 Å². The summed E-state index contributed by atoms with van der Waals surface area (Å²) in [6.45, 7) is 4.12. The maximum Gasteiger partial charge on any atom is 0.289 e. The van der Waals surface area contributed by atoms with Crippen molar-refractivity contribution in [3.8, 4) is 11.5 Å². The van der Waals surface area contributed by atoms with Gasteiger partial charge in [-0.3, -0.25) is 4.79 Å². The Morgan fingerprint density at radius 3 is 2.72 bits per heavy atom. The summed E-state index contributed by atoms with van der Waals surface area (Å²) < 4.78 is 22.3. The van der Waals surface area contributed by atoms with E-state index in [0.29, 0.717) is 37.8 Å². The van der Waals surface area contributed by atoms with Crippen molar-refractivity contribution >= 4 is 22.6 Å². The first-order chi connectivity index (χ1) is 17.7. The molecule has 2 aliphatic heterocycles. The maximum atomic E-state index is 13.5. The average molecular weight is 490 g/mol. The first kappa shape index (κ1) is 22.9. The van der Waals surface area contributed by atoms with E-state index in [1.165, 1.54) is 18.4 Å². The van der Waals surface area contributed by atoms with Crippen LogP contribution in [0.25, 0.3) is 10.9 Å². The molecule has 4 heterocycles. The van der Waals surface area contributed by atoms with Gasteiger partial charge < -0.3 is 28.4 Å². The number of benzene rings is 1. The monoisotopic (exact) mass is 489 g/mol. The summed E-state index contributed by atoms with van der Waals surface area (Å²) in [4.78, 5) is 22.7. The molecule has 1 saturated heterocycles. The highest BCUT2D eigenvalue weighted by molar-refractivity contribution is 5.92.